The van der Waals surface area contributed by atoms with Crippen LogP contribution in [0.2, 0.25) is 0 Å². The molecule has 0 spiro atoms. The number of benzene rings is 2. The predicted molar refractivity (Wildman–Crippen MR) is 85.8 cm³/mol. The van der Waals surface area contributed by atoms with Gasteiger partial charge in [-0.2, -0.15) is 0 Å². The molecule has 0 bridgehead atoms. The van der Waals surface area contributed by atoms with Gasteiger partial charge in [-0.15, -0.1) is 0 Å². The fourth-order valence-electron chi connectivity index (χ4n) is 2.22. The summed E-state index contributed by atoms with van der Waals surface area (Å²) in [6, 6.07) is 16.3. The zero-order chi connectivity index (χ0) is 14.9. The standard InChI is InChI=1S/C18H23NO2/c1-20-17-11-10-16(14-19)18(13-17)21-12-6-5-9-15-7-3-2-4-8-15/h2-4,7-8,10-11,13H,5-6,9,12,14,19H2,1H3. The van der Waals surface area contributed by atoms with Crippen molar-refractivity contribution >= 4 is 0 Å². The quantitative estimate of drug-likeness (QED) is 0.754. The second kappa shape index (κ2) is 8.32. The molecule has 0 aliphatic rings. The van der Waals surface area contributed by atoms with Crippen LogP contribution in [0.1, 0.15) is 24.0 Å². The average molecular weight is 285 g/mol. The Bertz CT molecular complexity index is 540. The second-order valence-corrected chi connectivity index (χ2v) is 4.97. The van der Waals surface area contributed by atoms with E-state index in [0.29, 0.717) is 13.2 Å². The Balaban J connectivity index is 1.78. The van der Waals surface area contributed by atoms with Crippen molar-refractivity contribution in [3.8, 4) is 11.5 Å². The highest BCUT2D eigenvalue weighted by Gasteiger charge is 2.04. The smallest absolute Gasteiger partial charge is 0.127 e. The molecule has 0 aliphatic heterocycles. The minimum Gasteiger partial charge on any atom is -0.497 e. The van der Waals surface area contributed by atoms with Crippen molar-refractivity contribution in [3.63, 3.8) is 0 Å². The van der Waals surface area contributed by atoms with Gasteiger partial charge in [0.2, 0.25) is 0 Å². The zero-order valence-corrected chi connectivity index (χ0v) is 12.5. The maximum atomic E-state index is 5.85. The summed E-state index contributed by atoms with van der Waals surface area (Å²) in [7, 11) is 1.65. The number of aryl methyl sites for hydroxylation is 1. The minimum absolute atomic E-state index is 0.476. The highest BCUT2D eigenvalue weighted by Crippen LogP contribution is 2.24. The number of hydrogen-bond acceptors (Lipinski definition) is 3. The summed E-state index contributed by atoms with van der Waals surface area (Å²) in [6.45, 7) is 1.18. The molecule has 0 saturated carbocycles. The summed E-state index contributed by atoms with van der Waals surface area (Å²) < 4.78 is 11.1. The molecule has 21 heavy (non-hydrogen) atoms. The average Bonchev–Trinajstić information content (AvgIpc) is 2.55. The largest absolute Gasteiger partial charge is 0.497 e. The van der Waals surface area contributed by atoms with Crippen LogP contribution in [-0.2, 0) is 13.0 Å². The van der Waals surface area contributed by atoms with Crippen LogP contribution >= 0.6 is 0 Å². The third-order valence-electron chi connectivity index (χ3n) is 3.45. The van der Waals surface area contributed by atoms with Gasteiger partial charge >= 0.3 is 0 Å². The number of methoxy groups -OCH3 is 1. The zero-order valence-electron chi connectivity index (χ0n) is 12.5. The lowest BCUT2D eigenvalue weighted by Gasteiger charge is -2.12. The van der Waals surface area contributed by atoms with Crippen LogP contribution in [0.15, 0.2) is 48.5 Å². The summed E-state index contributed by atoms with van der Waals surface area (Å²) in [5.74, 6) is 1.63. The Kier molecular flexibility index (Phi) is 6.10. The number of rotatable bonds is 8. The molecule has 0 saturated heterocycles. The van der Waals surface area contributed by atoms with Gasteiger partial charge in [0.25, 0.3) is 0 Å². The summed E-state index contributed by atoms with van der Waals surface area (Å²) in [6.07, 6.45) is 3.23. The molecule has 0 fully saturated rings. The number of nitrogens with two attached hydrogens (primary N) is 1. The van der Waals surface area contributed by atoms with Crippen LogP contribution in [-0.4, -0.2) is 13.7 Å². The lowest BCUT2D eigenvalue weighted by Crippen LogP contribution is -2.04. The maximum Gasteiger partial charge on any atom is 0.127 e. The molecule has 3 heteroatoms. The van der Waals surface area contributed by atoms with Crippen LogP contribution in [0.5, 0.6) is 11.5 Å². The van der Waals surface area contributed by atoms with Crippen LogP contribution in [0, 0.1) is 0 Å². The molecule has 3 nitrogen and oxygen atoms in total. The van der Waals surface area contributed by atoms with Crippen LogP contribution in [0.25, 0.3) is 0 Å². The molecule has 2 aromatic rings. The summed E-state index contributed by atoms with van der Waals surface area (Å²) in [5.41, 5.74) is 8.12. The fourth-order valence-corrected chi connectivity index (χ4v) is 2.22. The molecule has 2 N–H and O–H groups in total. The first kappa shape index (κ1) is 15.4. The SMILES string of the molecule is COc1ccc(CN)c(OCCCCc2ccccc2)c1. The van der Waals surface area contributed by atoms with Crippen LogP contribution in [0.4, 0.5) is 0 Å². The van der Waals surface area contributed by atoms with Gasteiger partial charge in [-0.1, -0.05) is 36.4 Å². The number of ether oxygens (including phenoxy) is 2. The van der Waals surface area contributed by atoms with Gasteiger partial charge in [0.15, 0.2) is 0 Å². The van der Waals surface area contributed by atoms with Crippen molar-refractivity contribution in [2.45, 2.75) is 25.8 Å². The molecule has 0 atom stereocenters. The number of hydrogen-bond donors (Lipinski definition) is 1. The van der Waals surface area contributed by atoms with Crippen molar-refractivity contribution in [3.05, 3.63) is 59.7 Å². The van der Waals surface area contributed by atoms with Crippen molar-refractivity contribution in [1.82, 2.24) is 0 Å². The Labute approximate surface area is 126 Å². The lowest BCUT2D eigenvalue weighted by molar-refractivity contribution is 0.301. The normalized spacial score (nSPS) is 10.4. The van der Waals surface area contributed by atoms with Gasteiger partial charge in [-0.25, -0.2) is 0 Å². The first-order chi connectivity index (χ1) is 10.3. The first-order valence-corrected chi connectivity index (χ1v) is 7.37. The molecule has 0 aliphatic carbocycles. The molecule has 2 aromatic carbocycles. The van der Waals surface area contributed by atoms with E-state index in [1.807, 2.05) is 24.3 Å². The van der Waals surface area contributed by atoms with Gasteiger partial charge in [0.1, 0.15) is 11.5 Å². The molecule has 0 radical (unpaired) electrons. The summed E-state index contributed by atoms with van der Waals surface area (Å²) >= 11 is 0. The van der Waals surface area contributed by atoms with E-state index in [2.05, 4.69) is 24.3 Å². The summed E-state index contributed by atoms with van der Waals surface area (Å²) in [4.78, 5) is 0. The van der Waals surface area contributed by atoms with Gasteiger partial charge in [0, 0.05) is 18.2 Å². The van der Waals surface area contributed by atoms with Crippen molar-refractivity contribution in [2.75, 3.05) is 13.7 Å². The Morgan fingerprint density at radius 3 is 2.52 bits per heavy atom. The number of unbranched alkanes of at least 4 members (excludes halogenated alkanes) is 1. The summed E-state index contributed by atoms with van der Waals surface area (Å²) in [5, 5.41) is 0. The molecule has 0 unspecified atom stereocenters. The van der Waals surface area contributed by atoms with Gasteiger partial charge in [-0.3, -0.25) is 0 Å². The van der Waals surface area contributed by atoms with E-state index >= 15 is 0 Å². The molecule has 0 amide bonds. The lowest BCUT2D eigenvalue weighted by atomic mass is 10.1. The molecule has 112 valence electrons. The molecular weight excluding hydrogens is 262 g/mol. The van der Waals surface area contributed by atoms with E-state index in [0.717, 1.165) is 36.3 Å². The second-order valence-electron chi connectivity index (χ2n) is 4.97. The monoisotopic (exact) mass is 285 g/mol. The van der Waals surface area contributed by atoms with E-state index in [1.165, 1.54) is 5.56 Å². The topological polar surface area (TPSA) is 44.5 Å². The van der Waals surface area contributed by atoms with Gasteiger partial charge < -0.3 is 15.2 Å². The van der Waals surface area contributed by atoms with E-state index in [9.17, 15) is 0 Å². The fraction of sp³-hybridized carbons (Fsp3) is 0.333. The van der Waals surface area contributed by atoms with Crippen molar-refractivity contribution < 1.29 is 9.47 Å². The van der Waals surface area contributed by atoms with E-state index in [1.54, 1.807) is 7.11 Å². The van der Waals surface area contributed by atoms with E-state index < -0.39 is 0 Å². The third-order valence-corrected chi connectivity index (χ3v) is 3.45. The highest BCUT2D eigenvalue weighted by molar-refractivity contribution is 5.40. The first-order valence-electron chi connectivity index (χ1n) is 7.37. The van der Waals surface area contributed by atoms with E-state index in [-0.39, 0.29) is 0 Å². The Morgan fingerprint density at radius 2 is 1.81 bits per heavy atom. The van der Waals surface area contributed by atoms with Crippen molar-refractivity contribution in [2.24, 2.45) is 5.73 Å². The molecular formula is C18H23NO2. The molecule has 0 heterocycles. The highest BCUT2D eigenvalue weighted by atomic mass is 16.5. The maximum absolute atomic E-state index is 5.85. The van der Waals surface area contributed by atoms with Crippen LogP contribution < -0.4 is 15.2 Å². The van der Waals surface area contributed by atoms with Gasteiger partial charge in [0.05, 0.1) is 13.7 Å². The molecule has 0 aromatic heterocycles. The predicted octanol–water partition coefficient (Wildman–Crippen LogP) is 3.56. The minimum atomic E-state index is 0.476. The Morgan fingerprint density at radius 1 is 1.00 bits per heavy atom. The third kappa shape index (κ3) is 4.80. The van der Waals surface area contributed by atoms with Gasteiger partial charge in [-0.05, 0) is 30.9 Å². The van der Waals surface area contributed by atoms with E-state index in [4.69, 9.17) is 15.2 Å². The Hall–Kier alpha value is -2.00. The van der Waals surface area contributed by atoms with Crippen molar-refractivity contribution in [1.29, 1.82) is 0 Å². The molecule has 2 rings (SSSR count). The van der Waals surface area contributed by atoms with Crippen LogP contribution in [0.3, 0.4) is 0 Å².